The molecule has 0 saturated heterocycles. The van der Waals surface area contributed by atoms with Gasteiger partial charge in [-0.25, -0.2) is 0 Å². The summed E-state index contributed by atoms with van der Waals surface area (Å²) in [6.07, 6.45) is 1.98. The van der Waals surface area contributed by atoms with Gasteiger partial charge in [-0.3, -0.25) is 4.98 Å². The summed E-state index contributed by atoms with van der Waals surface area (Å²) in [5, 5.41) is 4.73. The van der Waals surface area contributed by atoms with Crippen molar-refractivity contribution in [1.82, 2.24) is 10.3 Å². The normalized spacial score (nSPS) is 12.7. The van der Waals surface area contributed by atoms with E-state index in [2.05, 4.69) is 63.5 Å². The Kier molecular flexibility index (Phi) is 4.15. The number of hydrogen-bond donors (Lipinski definition) is 1. The van der Waals surface area contributed by atoms with E-state index in [1.54, 1.807) is 11.3 Å². The summed E-state index contributed by atoms with van der Waals surface area (Å²) in [5.41, 5.74) is 2.25. The summed E-state index contributed by atoms with van der Waals surface area (Å²) in [4.78, 5) is 5.87. The van der Waals surface area contributed by atoms with Gasteiger partial charge in [-0.1, -0.05) is 25.1 Å². The van der Waals surface area contributed by atoms with Crippen LogP contribution in [0.2, 0.25) is 0 Å². The van der Waals surface area contributed by atoms with Gasteiger partial charge in [-0.2, -0.15) is 0 Å². The van der Waals surface area contributed by atoms with Crippen LogP contribution in [0.25, 0.3) is 10.9 Å². The number of aromatic nitrogens is 1. The first-order valence-corrected chi connectivity index (χ1v) is 8.22. The van der Waals surface area contributed by atoms with Crippen LogP contribution in [0.4, 0.5) is 0 Å². The lowest BCUT2D eigenvalue weighted by Gasteiger charge is -2.17. The second kappa shape index (κ2) is 6.04. The van der Waals surface area contributed by atoms with Crippen LogP contribution in [0.5, 0.6) is 0 Å². The number of pyridine rings is 1. The van der Waals surface area contributed by atoms with Gasteiger partial charge in [0.25, 0.3) is 0 Å². The Morgan fingerprint density at radius 3 is 2.85 bits per heavy atom. The van der Waals surface area contributed by atoms with Gasteiger partial charge in [0.05, 0.1) is 15.3 Å². The molecule has 3 rings (SSSR count). The van der Waals surface area contributed by atoms with E-state index >= 15 is 0 Å². The number of nitrogens with zero attached hydrogens (tertiary/aromatic N) is 1. The molecule has 2 nitrogen and oxygen atoms in total. The fourth-order valence-electron chi connectivity index (χ4n) is 2.32. The fraction of sp³-hybridized carbons (Fsp3) is 0.188. The molecule has 2 aromatic heterocycles. The number of halogens is 1. The SMILES string of the molecule is CCNC(c1cnc2ccccc2c1)c1ccc(Br)s1. The summed E-state index contributed by atoms with van der Waals surface area (Å²) < 4.78 is 1.16. The third-order valence-corrected chi connectivity index (χ3v) is 4.92. The summed E-state index contributed by atoms with van der Waals surface area (Å²) in [6, 6.07) is 14.9. The van der Waals surface area contributed by atoms with Gasteiger partial charge in [0.15, 0.2) is 0 Å². The van der Waals surface area contributed by atoms with E-state index in [0.717, 1.165) is 15.8 Å². The van der Waals surface area contributed by atoms with Crippen LogP contribution in [-0.4, -0.2) is 11.5 Å². The van der Waals surface area contributed by atoms with Crippen LogP contribution in [0.15, 0.2) is 52.4 Å². The number of para-hydroxylation sites is 1. The first kappa shape index (κ1) is 13.7. The maximum atomic E-state index is 4.57. The average molecular weight is 347 g/mol. The Hall–Kier alpha value is -1.23. The minimum Gasteiger partial charge on any atom is -0.306 e. The molecule has 0 aliphatic rings. The molecule has 3 aromatic rings. The first-order chi connectivity index (χ1) is 9.78. The van der Waals surface area contributed by atoms with Crippen LogP contribution in [0, 0.1) is 0 Å². The molecule has 1 unspecified atom stereocenters. The zero-order valence-electron chi connectivity index (χ0n) is 11.1. The molecule has 0 bridgehead atoms. The number of rotatable bonds is 4. The second-order valence-corrected chi connectivity index (χ2v) is 7.09. The molecule has 1 N–H and O–H groups in total. The predicted octanol–water partition coefficient (Wildman–Crippen LogP) is 4.76. The zero-order valence-corrected chi connectivity index (χ0v) is 13.5. The largest absolute Gasteiger partial charge is 0.306 e. The Labute approximate surface area is 131 Å². The number of benzene rings is 1. The molecule has 20 heavy (non-hydrogen) atoms. The smallest absolute Gasteiger partial charge is 0.0702 e. The maximum absolute atomic E-state index is 4.57. The van der Waals surface area contributed by atoms with Crippen molar-refractivity contribution < 1.29 is 0 Å². The number of hydrogen-bond acceptors (Lipinski definition) is 3. The number of thiophene rings is 1. The number of nitrogens with one attached hydrogen (secondary N) is 1. The highest BCUT2D eigenvalue weighted by atomic mass is 79.9. The first-order valence-electron chi connectivity index (χ1n) is 6.61. The highest BCUT2D eigenvalue weighted by Crippen LogP contribution is 2.31. The maximum Gasteiger partial charge on any atom is 0.0702 e. The molecule has 0 amide bonds. The van der Waals surface area contributed by atoms with Crippen LogP contribution in [0.3, 0.4) is 0 Å². The molecule has 0 aliphatic heterocycles. The molecule has 1 atom stereocenters. The van der Waals surface area contributed by atoms with Gasteiger partial charge in [-0.15, -0.1) is 11.3 Å². The topological polar surface area (TPSA) is 24.9 Å². The molecule has 0 fully saturated rings. The van der Waals surface area contributed by atoms with Gasteiger partial charge in [-0.05, 0) is 52.3 Å². The lowest BCUT2D eigenvalue weighted by atomic mass is 10.0. The lowest BCUT2D eigenvalue weighted by molar-refractivity contribution is 0.638. The highest BCUT2D eigenvalue weighted by Gasteiger charge is 2.15. The quantitative estimate of drug-likeness (QED) is 0.736. The van der Waals surface area contributed by atoms with Crippen LogP contribution < -0.4 is 5.32 Å². The van der Waals surface area contributed by atoms with Crippen LogP contribution in [-0.2, 0) is 0 Å². The molecule has 102 valence electrons. The zero-order chi connectivity index (χ0) is 13.9. The van der Waals surface area contributed by atoms with Crippen molar-refractivity contribution in [2.75, 3.05) is 6.54 Å². The van der Waals surface area contributed by atoms with Crippen molar-refractivity contribution in [2.24, 2.45) is 0 Å². The molecule has 0 radical (unpaired) electrons. The molecule has 0 saturated carbocycles. The van der Waals surface area contributed by atoms with E-state index in [1.165, 1.54) is 15.8 Å². The van der Waals surface area contributed by atoms with E-state index in [4.69, 9.17) is 0 Å². The Bertz CT molecular complexity index is 723. The molecular weight excluding hydrogens is 332 g/mol. The van der Waals surface area contributed by atoms with E-state index in [1.807, 2.05) is 18.3 Å². The van der Waals surface area contributed by atoms with Crippen molar-refractivity contribution in [2.45, 2.75) is 13.0 Å². The Morgan fingerprint density at radius 1 is 1.25 bits per heavy atom. The average Bonchev–Trinajstić information content (AvgIpc) is 2.90. The minimum absolute atomic E-state index is 0.202. The number of fused-ring (bicyclic) bond motifs is 1. The van der Waals surface area contributed by atoms with Gasteiger partial charge in [0.2, 0.25) is 0 Å². The van der Waals surface area contributed by atoms with E-state index in [0.29, 0.717) is 0 Å². The van der Waals surface area contributed by atoms with E-state index in [-0.39, 0.29) is 6.04 Å². The van der Waals surface area contributed by atoms with Gasteiger partial charge in [0.1, 0.15) is 0 Å². The molecule has 1 aromatic carbocycles. The molecule has 2 heterocycles. The van der Waals surface area contributed by atoms with E-state index in [9.17, 15) is 0 Å². The summed E-state index contributed by atoms with van der Waals surface area (Å²) >= 11 is 5.30. The third-order valence-electron chi connectivity index (χ3n) is 3.23. The lowest BCUT2D eigenvalue weighted by Crippen LogP contribution is -2.21. The molecule has 0 spiro atoms. The van der Waals surface area contributed by atoms with Crippen LogP contribution in [0.1, 0.15) is 23.4 Å². The molecule has 4 heteroatoms. The van der Waals surface area contributed by atoms with Gasteiger partial charge >= 0.3 is 0 Å². The molecular formula is C16H15BrN2S. The Balaban J connectivity index is 2.04. The summed E-state index contributed by atoms with van der Waals surface area (Å²) in [5.74, 6) is 0. The van der Waals surface area contributed by atoms with Crippen molar-refractivity contribution in [3.63, 3.8) is 0 Å². The standard InChI is InChI=1S/C16H15BrN2S/c1-2-18-16(14-7-8-15(17)20-14)12-9-11-5-3-4-6-13(11)19-10-12/h3-10,16,18H,2H2,1H3. The Morgan fingerprint density at radius 2 is 2.10 bits per heavy atom. The van der Waals surface area contributed by atoms with Crippen molar-refractivity contribution in [3.05, 3.63) is 62.9 Å². The molecule has 0 aliphatic carbocycles. The summed E-state index contributed by atoms with van der Waals surface area (Å²) in [7, 11) is 0. The fourth-order valence-corrected chi connectivity index (χ4v) is 3.84. The van der Waals surface area contributed by atoms with Crippen LogP contribution >= 0.6 is 27.3 Å². The minimum atomic E-state index is 0.202. The monoisotopic (exact) mass is 346 g/mol. The van der Waals surface area contributed by atoms with E-state index < -0.39 is 0 Å². The van der Waals surface area contributed by atoms with Crippen molar-refractivity contribution >= 4 is 38.2 Å². The van der Waals surface area contributed by atoms with Crippen molar-refractivity contribution in [3.8, 4) is 0 Å². The van der Waals surface area contributed by atoms with Gasteiger partial charge in [0, 0.05) is 16.5 Å². The predicted molar refractivity (Wildman–Crippen MR) is 89.3 cm³/mol. The summed E-state index contributed by atoms with van der Waals surface area (Å²) in [6.45, 7) is 3.05. The second-order valence-electron chi connectivity index (χ2n) is 4.59. The third kappa shape index (κ3) is 2.77. The highest BCUT2D eigenvalue weighted by molar-refractivity contribution is 9.11. The van der Waals surface area contributed by atoms with Gasteiger partial charge < -0.3 is 5.32 Å². The van der Waals surface area contributed by atoms with Crippen molar-refractivity contribution in [1.29, 1.82) is 0 Å².